The van der Waals surface area contributed by atoms with E-state index in [1.54, 1.807) is 6.21 Å². The van der Waals surface area contributed by atoms with Crippen LogP contribution < -0.4 is 10.2 Å². The molecular weight excluding hydrogens is 356 g/mol. The van der Waals surface area contributed by atoms with Gasteiger partial charge in [-0.15, -0.1) is 0 Å². The Bertz CT molecular complexity index is 697. The number of amides is 1. The van der Waals surface area contributed by atoms with E-state index in [1.807, 2.05) is 49.4 Å². The van der Waals surface area contributed by atoms with Gasteiger partial charge >= 0.3 is 0 Å². The molecule has 0 spiro atoms. The first-order valence-electron chi connectivity index (χ1n) is 7.38. The number of hydrazone groups is 1. The van der Waals surface area contributed by atoms with Crippen LogP contribution in [0.3, 0.4) is 0 Å². The molecule has 1 amide bonds. The lowest BCUT2D eigenvalue weighted by Gasteiger charge is -2.07. The van der Waals surface area contributed by atoms with Crippen molar-refractivity contribution in [2.75, 3.05) is 6.61 Å². The van der Waals surface area contributed by atoms with Gasteiger partial charge in [-0.3, -0.25) is 4.79 Å². The molecule has 23 heavy (non-hydrogen) atoms. The minimum Gasteiger partial charge on any atom is -0.483 e. The summed E-state index contributed by atoms with van der Waals surface area (Å²) < 4.78 is 6.28. The van der Waals surface area contributed by atoms with E-state index < -0.39 is 0 Å². The number of carbonyl (C=O) groups is 1. The van der Waals surface area contributed by atoms with Crippen molar-refractivity contribution in [1.29, 1.82) is 0 Å². The van der Waals surface area contributed by atoms with Gasteiger partial charge in [0.15, 0.2) is 6.61 Å². The van der Waals surface area contributed by atoms with Crippen molar-refractivity contribution in [2.24, 2.45) is 5.10 Å². The Morgan fingerprint density at radius 3 is 2.65 bits per heavy atom. The third-order valence-corrected chi connectivity index (χ3v) is 3.86. The smallest absolute Gasteiger partial charge is 0.277 e. The van der Waals surface area contributed by atoms with Gasteiger partial charge in [0.05, 0.1) is 10.7 Å². The predicted octanol–water partition coefficient (Wildman–Crippen LogP) is 3.85. The lowest BCUT2D eigenvalue weighted by Crippen LogP contribution is -2.24. The van der Waals surface area contributed by atoms with Crippen LogP contribution >= 0.6 is 15.9 Å². The Labute approximate surface area is 144 Å². The summed E-state index contributed by atoms with van der Waals surface area (Å²) >= 11 is 3.41. The van der Waals surface area contributed by atoms with Gasteiger partial charge in [-0.1, -0.05) is 37.3 Å². The van der Waals surface area contributed by atoms with Crippen LogP contribution in [0.4, 0.5) is 0 Å². The van der Waals surface area contributed by atoms with Crippen LogP contribution in [0.15, 0.2) is 52.0 Å². The SMILES string of the molecule is CCc1ccc(/C=N\NC(=O)COc2ccc(C)cc2Br)cc1. The Morgan fingerprint density at radius 1 is 1.26 bits per heavy atom. The summed E-state index contributed by atoms with van der Waals surface area (Å²) in [6.07, 6.45) is 2.61. The highest BCUT2D eigenvalue weighted by Crippen LogP contribution is 2.25. The van der Waals surface area contributed by atoms with Crippen LogP contribution in [0.2, 0.25) is 0 Å². The molecule has 120 valence electrons. The van der Waals surface area contributed by atoms with Crippen LogP contribution in [-0.2, 0) is 11.2 Å². The zero-order chi connectivity index (χ0) is 16.7. The second kappa shape index (κ2) is 8.48. The predicted molar refractivity (Wildman–Crippen MR) is 95.9 cm³/mol. The van der Waals surface area contributed by atoms with E-state index in [0.29, 0.717) is 5.75 Å². The quantitative estimate of drug-likeness (QED) is 0.616. The number of benzene rings is 2. The molecule has 0 aliphatic heterocycles. The van der Waals surface area contributed by atoms with E-state index in [1.165, 1.54) is 5.56 Å². The molecule has 0 unspecified atom stereocenters. The normalized spacial score (nSPS) is 10.7. The first-order valence-corrected chi connectivity index (χ1v) is 8.17. The molecule has 0 aliphatic rings. The molecule has 0 aliphatic carbocycles. The molecule has 4 nitrogen and oxygen atoms in total. The van der Waals surface area contributed by atoms with Crippen molar-refractivity contribution >= 4 is 28.1 Å². The number of hydrogen-bond acceptors (Lipinski definition) is 3. The van der Waals surface area contributed by atoms with Gasteiger partial charge in [0.1, 0.15) is 5.75 Å². The molecule has 0 bridgehead atoms. The maximum Gasteiger partial charge on any atom is 0.277 e. The van der Waals surface area contributed by atoms with Crippen LogP contribution in [0, 0.1) is 6.92 Å². The largest absolute Gasteiger partial charge is 0.483 e. The molecule has 0 radical (unpaired) electrons. The zero-order valence-corrected chi connectivity index (χ0v) is 14.8. The molecule has 0 fully saturated rings. The average Bonchev–Trinajstić information content (AvgIpc) is 2.54. The second-order valence-corrected chi connectivity index (χ2v) is 5.97. The highest BCUT2D eigenvalue weighted by Gasteiger charge is 2.04. The summed E-state index contributed by atoms with van der Waals surface area (Å²) in [6, 6.07) is 13.7. The molecule has 0 saturated carbocycles. The summed E-state index contributed by atoms with van der Waals surface area (Å²) in [5.41, 5.74) is 5.77. The molecule has 1 N–H and O–H groups in total. The Hall–Kier alpha value is -2.14. The van der Waals surface area contributed by atoms with Gasteiger partial charge in [-0.2, -0.15) is 5.10 Å². The number of hydrogen-bond donors (Lipinski definition) is 1. The molecule has 2 rings (SSSR count). The van der Waals surface area contributed by atoms with Crippen molar-refractivity contribution in [3.63, 3.8) is 0 Å². The summed E-state index contributed by atoms with van der Waals surface area (Å²) in [6.45, 7) is 4.01. The standard InChI is InChI=1S/C18H19BrN2O2/c1-3-14-5-7-15(8-6-14)11-20-21-18(22)12-23-17-9-4-13(2)10-16(17)19/h4-11H,3,12H2,1-2H3,(H,21,22)/b20-11-. The van der Waals surface area contributed by atoms with Crippen molar-refractivity contribution in [1.82, 2.24) is 5.43 Å². The highest BCUT2D eigenvalue weighted by atomic mass is 79.9. The van der Waals surface area contributed by atoms with E-state index in [-0.39, 0.29) is 12.5 Å². The van der Waals surface area contributed by atoms with E-state index in [4.69, 9.17) is 4.74 Å². The van der Waals surface area contributed by atoms with E-state index in [9.17, 15) is 4.79 Å². The third kappa shape index (κ3) is 5.53. The molecular formula is C18H19BrN2O2. The summed E-state index contributed by atoms with van der Waals surface area (Å²) in [5.74, 6) is 0.323. The first kappa shape index (κ1) is 17.2. The molecule has 2 aromatic carbocycles. The molecule has 5 heteroatoms. The minimum atomic E-state index is -0.307. The first-order chi connectivity index (χ1) is 11.1. The number of carbonyl (C=O) groups excluding carboxylic acids is 1. The average molecular weight is 375 g/mol. The maximum atomic E-state index is 11.7. The van der Waals surface area contributed by atoms with Crippen LogP contribution in [-0.4, -0.2) is 18.7 Å². The topological polar surface area (TPSA) is 50.7 Å². The fourth-order valence-electron chi connectivity index (χ4n) is 1.92. The number of nitrogens with one attached hydrogen (secondary N) is 1. The van der Waals surface area contributed by atoms with E-state index in [0.717, 1.165) is 22.0 Å². The fraction of sp³-hybridized carbons (Fsp3) is 0.222. The molecule has 0 atom stereocenters. The number of nitrogens with zero attached hydrogens (tertiary/aromatic N) is 1. The van der Waals surface area contributed by atoms with Crippen molar-refractivity contribution in [3.05, 3.63) is 63.6 Å². The molecule has 0 saturated heterocycles. The van der Waals surface area contributed by atoms with Crippen molar-refractivity contribution in [3.8, 4) is 5.75 Å². The summed E-state index contributed by atoms with van der Waals surface area (Å²) in [4.78, 5) is 11.7. The lowest BCUT2D eigenvalue weighted by atomic mass is 10.1. The second-order valence-electron chi connectivity index (χ2n) is 5.11. The lowest BCUT2D eigenvalue weighted by molar-refractivity contribution is -0.123. The molecule has 0 heterocycles. The van der Waals surface area contributed by atoms with Gasteiger partial charge in [-0.25, -0.2) is 5.43 Å². The minimum absolute atomic E-state index is 0.0895. The van der Waals surface area contributed by atoms with Gasteiger partial charge in [0.2, 0.25) is 0 Å². The van der Waals surface area contributed by atoms with E-state index in [2.05, 4.69) is 33.4 Å². The third-order valence-electron chi connectivity index (χ3n) is 3.24. The Kier molecular flexibility index (Phi) is 6.35. The number of ether oxygens (including phenoxy) is 1. The number of aryl methyl sites for hydroxylation is 2. The number of halogens is 1. The van der Waals surface area contributed by atoms with Gasteiger partial charge in [0.25, 0.3) is 5.91 Å². The van der Waals surface area contributed by atoms with Crippen molar-refractivity contribution in [2.45, 2.75) is 20.3 Å². The van der Waals surface area contributed by atoms with Crippen molar-refractivity contribution < 1.29 is 9.53 Å². The van der Waals surface area contributed by atoms with Gasteiger partial charge in [0, 0.05) is 0 Å². The fourth-order valence-corrected chi connectivity index (χ4v) is 2.52. The zero-order valence-electron chi connectivity index (χ0n) is 13.2. The summed E-state index contributed by atoms with van der Waals surface area (Å²) in [5, 5.41) is 3.93. The maximum absolute atomic E-state index is 11.7. The van der Waals surface area contributed by atoms with Crippen LogP contribution in [0.5, 0.6) is 5.75 Å². The molecule has 0 aromatic heterocycles. The van der Waals surface area contributed by atoms with E-state index >= 15 is 0 Å². The van der Waals surface area contributed by atoms with Gasteiger partial charge in [-0.05, 0) is 58.1 Å². The van der Waals surface area contributed by atoms with Crippen LogP contribution in [0.25, 0.3) is 0 Å². The monoisotopic (exact) mass is 374 g/mol. The van der Waals surface area contributed by atoms with Gasteiger partial charge < -0.3 is 4.74 Å². The number of rotatable bonds is 6. The summed E-state index contributed by atoms with van der Waals surface area (Å²) in [7, 11) is 0. The highest BCUT2D eigenvalue weighted by molar-refractivity contribution is 9.10. The Balaban J connectivity index is 1.81. The molecule has 2 aromatic rings. The Morgan fingerprint density at radius 2 is 2.00 bits per heavy atom. The van der Waals surface area contributed by atoms with Crippen LogP contribution in [0.1, 0.15) is 23.6 Å².